The van der Waals surface area contributed by atoms with Crippen molar-refractivity contribution in [2.24, 2.45) is 0 Å². The van der Waals surface area contributed by atoms with Gasteiger partial charge in [0.1, 0.15) is 5.75 Å². The zero-order chi connectivity index (χ0) is 14.8. The van der Waals surface area contributed by atoms with Crippen LogP contribution in [-0.2, 0) is 0 Å². The Morgan fingerprint density at radius 3 is 2.19 bits per heavy atom. The molecule has 0 saturated carbocycles. The van der Waals surface area contributed by atoms with Crippen LogP contribution in [0.4, 0.5) is 0 Å². The fourth-order valence-corrected chi connectivity index (χ4v) is 2.55. The smallest absolute Gasteiger partial charge is 0.127 e. The molecule has 21 heavy (non-hydrogen) atoms. The van der Waals surface area contributed by atoms with Gasteiger partial charge in [0, 0.05) is 11.4 Å². The van der Waals surface area contributed by atoms with Crippen molar-refractivity contribution in [1.29, 1.82) is 0 Å². The Balaban J connectivity index is 1.84. The topological polar surface area (TPSA) is 9.23 Å². The first kappa shape index (κ1) is 15.9. The number of unbranched alkanes of at least 4 members (excludes halogenated alkanes) is 4. The largest absolute Gasteiger partial charge is 0.493 e. The standard InChI is InChI=1S/C19H23ClO/c20-15-9-2-1-3-10-16-21-19-14-8-7-13-18(19)17-11-5-4-6-12-17/h4-8,11-14H,1-3,9-10,15-16H2. The first-order valence-corrected chi connectivity index (χ1v) is 8.28. The van der Waals surface area contributed by atoms with Crippen LogP contribution >= 0.6 is 11.6 Å². The molecule has 0 amide bonds. The molecule has 0 radical (unpaired) electrons. The van der Waals surface area contributed by atoms with E-state index in [2.05, 4.69) is 42.5 Å². The summed E-state index contributed by atoms with van der Waals surface area (Å²) in [6.45, 7) is 0.782. The maximum absolute atomic E-state index is 5.97. The quantitative estimate of drug-likeness (QED) is 0.412. The van der Waals surface area contributed by atoms with Crippen LogP contribution in [0.3, 0.4) is 0 Å². The summed E-state index contributed by atoms with van der Waals surface area (Å²) in [6, 6.07) is 18.6. The molecule has 0 spiro atoms. The summed E-state index contributed by atoms with van der Waals surface area (Å²) in [5.41, 5.74) is 2.37. The van der Waals surface area contributed by atoms with Crippen molar-refractivity contribution < 1.29 is 4.74 Å². The molecule has 1 nitrogen and oxygen atoms in total. The van der Waals surface area contributed by atoms with Crippen LogP contribution in [0.25, 0.3) is 11.1 Å². The Bertz CT molecular complexity index is 510. The van der Waals surface area contributed by atoms with Gasteiger partial charge in [-0.3, -0.25) is 0 Å². The third-order valence-corrected chi connectivity index (χ3v) is 3.77. The van der Waals surface area contributed by atoms with Crippen LogP contribution < -0.4 is 4.74 Å². The predicted molar refractivity (Wildman–Crippen MR) is 91.2 cm³/mol. The first-order valence-electron chi connectivity index (χ1n) is 7.75. The number of ether oxygens (including phenoxy) is 1. The van der Waals surface area contributed by atoms with E-state index in [9.17, 15) is 0 Å². The Morgan fingerprint density at radius 2 is 1.38 bits per heavy atom. The van der Waals surface area contributed by atoms with Crippen molar-refractivity contribution in [2.75, 3.05) is 12.5 Å². The monoisotopic (exact) mass is 302 g/mol. The van der Waals surface area contributed by atoms with Crippen LogP contribution in [0.15, 0.2) is 54.6 Å². The number of hydrogen-bond donors (Lipinski definition) is 0. The lowest BCUT2D eigenvalue weighted by Gasteiger charge is -2.11. The number of rotatable bonds is 9. The molecule has 112 valence electrons. The van der Waals surface area contributed by atoms with Crippen LogP contribution in [0.5, 0.6) is 5.75 Å². The SMILES string of the molecule is ClCCCCCCCOc1ccccc1-c1ccccc1. The molecule has 0 atom stereocenters. The van der Waals surface area contributed by atoms with Gasteiger partial charge in [-0.2, -0.15) is 0 Å². The molecule has 0 fully saturated rings. The Morgan fingerprint density at radius 1 is 0.714 bits per heavy atom. The molecule has 0 aliphatic heterocycles. The second kappa shape index (κ2) is 9.46. The molecule has 0 aromatic heterocycles. The van der Waals surface area contributed by atoms with E-state index in [0.29, 0.717) is 0 Å². The zero-order valence-electron chi connectivity index (χ0n) is 12.4. The van der Waals surface area contributed by atoms with E-state index in [1.54, 1.807) is 0 Å². The van der Waals surface area contributed by atoms with Gasteiger partial charge in [0.15, 0.2) is 0 Å². The van der Waals surface area contributed by atoms with Crippen LogP contribution in [0, 0.1) is 0 Å². The normalized spacial score (nSPS) is 10.5. The van der Waals surface area contributed by atoms with Crippen molar-refractivity contribution in [1.82, 2.24) is 0 Å². The van der Waals surface area contributed by atoms with Gasteiger partial charge in [-0.05, 0) is 24.5 Å². The molecule has 2 aromatic carbocycles. The summed E-state index contributed by atoms with van der Waals surface area (Å²) < 4.78 is 5.97. The van der Waals surface area contributed by atoms with E-state index in [1.165, 1.54) is 30.4 Å². The Labute approximate surface area is 132 Å². The minimum atomic E-state index is 0.779. The van der Waals surface area contributed by atoms with E-state index in [4.69, 9.17) is 16.3 Å². The van der Waals surface area contributed by atoms with E-state index in [-0.39, 0.29) is 0 Å². The summed E-state index contributed by atoms with van der Waals surface area (Å²) in [4.78, 5) is 0. The Hall–Kier alpha value is -1.47. The molecule has 0 aliphatic carbocycles. The number of hydrogen-bond acceptors (Lipinski definition) is 1. The van der Waals surface area contributed by atoms with E-state index >= 15 is 0 Å². The second-order valence-electron chi connectivity index (χ2n) is 5.17. The first-order chi connectivity index (χ1) is 10.4. The van der Waals surface area contributed by atoms with Gasteiger partial charge in [0.05, 0.1) is 6.61 Å². The molecule has 2 heteroatoms. The lowest BCUT2D eigenvalue weighted by molar-refractivity contribution is 0.306. The van der Waals surface area contributed by atoms with E-state index in [0.717, 1.165) is 31.1 Å². The maximum Gasteiger partial charge on any atom is 0.127 e. The number of alkyl halides is 1. The average Bonchev–Trinajstić information content (AvgIpc) is 2.55. The van der Waals surface area contributed by atoms with Gasteiger partial charge < -0.3 is 4.74 Å². The van der Waals surface area contributed by atoms with Crippen molar-refractivity contribution in [3.8, 4) is 16.9 Å². The van der Waals surface area contributed by atoms with Crippen molar-refractivity contribution in [3.05, 3.63) is 54.6 Å². The number of halogens is 1. The predicted octanol–water partition coefficient (Wildman–Crippen LogP) is 5.92. The highest BCUT2D eigenvalue weighted by Crippen LogP contribution is 2.29. The summed E-state index contributed by atoms with van der Waals surface area (Å²) >= 11 is 5.67. The van der Waals surface area contributed by atoms with Gasteiger partial charge in [-0.1, -0.05) is 67.8 Å². The van der Waals surface area contributed by atoms with Gasteiger partial charge >= 0.3 is 0 Å². The third-order valence-electron chi connectivity index (χ3n) is 3.51. The van der Waals surface area contributed by atoms with Gasteiger partial charge in [-0.25, -0.2) is 0 Å². The van der Waals surface area contributed by atoms with E-state index < -0.39 is 0 Å². The van der Waals surface area contributed by atoms with Crippen molar-refractivity contribution in [3.63, 3.8) is 0 Å². The number of para-hydroxylation sites is 1. The fourth-order valence-electron chi connectivity index (χ4n) is 2.36. The lowest BCUT2D eigenvalue weighted by atomic mass is 10.1. The molecule has 0 aliphatic rings. The third kappa shape index (κ3) is 5.43. The van der Waals surface area contributed by atoms with Crippen molar-refractivity contribution >= 4 is 11.6 Å². The summed E-state index contributed by atoms with van der Waals surface area (Å²) in [5.74, 6) is 1.76. The molecular weight excluding hydrogens is 280 g/mol. The second-order valence-corrected chi connectivity index (χ2v) is 5.55. The fraction of sp³-hybridized carbons (Fsp3) is 0.368. The molecule has 0 saturated heterocycles. The zero-order valence-corrected chi connectivity index (χ0v) is 13.2. The molecule has 0 N–H and O–H groups in total. The van der Waals surface area contributed by atoms with Gasteiger partial charge in [0.25, 0.3) is 0 Å². The lowest BCUT2D eigenvalue weighted by Crippen LogP contribution is -1.98. The highest BCUT2D eigenvalue weighted by Gasteiger charge is 2.04. The average molecular weight is 303 g/mol. The highest BCUT2D eigenvalue weighted by atomic mass is 35.5. The summed E-state index contributed by atoms with van der Waals surface area (Å²) in [6.07, 6.45) is 5.91. The summed E-state index contributed by atoms with van der Waals surface area (Å²) in [5, 5.41) is 0. The van der Waals surface area contributed by atoms with Crippen LogP contribution in [0.2, 0.25) is 0 Å². The van der Waals surface area contributed by atoms with Crippen LogP contribution in [-0.4, -0.2) is 12.5 Å². The highest BCUT2D eigenvalue weighted by molar-refractivity contribution is 6.17. The summed E-state index contributed by atoms with van der Waals surface area (Å²) in [7, 11) is 0. The van der Waals surface area contributed by atoms with E-state index in [1.807, 2.05) is 12.1 Å². The number of benzene rings is 2. The molecule has 0 unspecified atom stereocenters. The van der Waals surface area contributed by atoms with Crippen molar-refractivity contribution in [2.45, 2.75) is 32.1 Å². The Kier molecular flexibility index (Phi) is 7.17. The molecular formula is C19H23ClO. The van der Waals surface area contributed by atoms with Gasteiger partial charge in [0.2, 0.25) is 0 Å². The molecule has 0 heterocycles. The maximum atomic E-state index is 5.97. The molecule has 0 bridgehead atoms. The van der Waals surface area contributed by atoms with Crippen LogP contribution in [0.1, 0.15) is 32.1 Å². The minimum absolute atomic E-state index is 0.779. The molecule has 2 rings (SSSR count). The molecule has 2 aromatic rings. The minimum Gasteiger partial charge on any atom is -0.493 e. The van der Waals surface area contributed by atoms with Gasteiger partial charge in [-0.15, -0.1) is 11.6 Å².